The monoisotopic (exact) mass is 420 g/mol. The summed E-state index contributed by atoms with van der Waals surface area (Å²) in [6.07, 6.45) is 1.07. The third-order valence-corrected chi connectivity index (χ3v) is 4.79. The first kappa shape index (κ1) is 20.2. The number of aromatic nitrogens is 1. The van der Waals surface area contributed by atoms with Crippen LogP contribution in [0.4, 0.5) is 14.5 Å². The Hall–Kier alpha value is -2.50. The second kappa shape index (κ2) is 8.25. The quantitative estimate of drug-likeness (QED) is 0.481. The molecular weight excluding hydrogens is 405 g/mol. The van der Waals surface area contributed by atoms with Crippen molar-refractivity contribution in [1.82, 2.24) is 4.98 Å². The van der Waals surface area contributed by atoms with E-state index in [1.807, 2.05) is 0 Å². The van der Waals surface area contributed by atoms with Crippen LogP contribution in [-0.2, 0) is 12.5 Å². The standard InChI is InChI=1S/C21H16Cl2F2N2O/c1-21(24,25)15-11-17(23)18(26-12-15)13-27(19-10-6-5-9-16(19)22)20(28)14-7-3-2-4-8-14/h2-12H,13H2,1H3. The lowest BCUT2D eigenvalue weighted by molar-refractivity contribution is 0.0171. The van der Waals surface area contributed by atoms with Crippen LogP contribution >= 0.6 is 23.2 Å². The van der Waals surface area contributed by atoms with E-state index in [1.54, 1.807) is 54.6 Å². The number of alkyl halides is 2. The van der Waals surface area contributed by atoms with Crippen LogP contribution < -0.4 is 4.90 Å². The Labute approximate surface area is 171 Å². The molecule has 3 rings (SSSR count). The van der Waals surface area contributed by atoms with E-state index < -0.39 is 5.92 Å². The Morgan fingerprint density at radius 2 is 1.68 bits per heavy atom. The first-order chi connectivity index (χ1) is 13.3. The van der Waals surface area contributed by atoms with Crippen LogP contribution in [0, 0.1) is 0 Å². The molecule has 3 aromatic rings. The highest BCUT2D eigenvalue weighted by molar-refractivity contribution is 6.34. The van der Waals surface area contributed by atoms with Crippen molar-refractivity contribution >= 4 is 34.8 Å². The highest BCUT2D eigenvalue weighted by Crippen LogP contribution is 2.32. The molecule has 3 nitrogen and oxygen atoms in total. The minimum absolute atomic E-state index is 0.0220. The lowest BCUT2D eigenvalue weighted by Gasteiger charge is -2.24. The van der Waals surface area contributed by atoms with E-state index in [-0.39, 0.29) is 23.0 Å². The number of hydrogen-bond donors (Lipinski definition) is 0. The average molecular weight is 421 g/mol. The lowest BCUT2D eigenvalue weighted by atomic mass is 10.1. The molecular formula is C21H16Cl2F2N2O. The van der Waals surface area contributed by atoms with Gasteiger partial charge in [0, 0.05) is 24.2 Å². The number of benzene rings is 2. The number of nitrogens with zero attached hydrogens (tertiary/aromatic N) is 2. The fraction of sp³-hybridized carbons (Fsp3) is 0.143. The first-order valence-electron chi connectivity index (χ1n) is 8.41. The number of carbonyl (C=O) groups is 1. The molecule has 0 radical (unpaired) electrons. The van der Waals surface area contributed by atoms with Crippen LogP contribution in [-0.4, -0.2) is 10.9 Å². The second-order valence-corrected chi connectivity index (χ2v) is 7.06. The molecule has 0 fully saturated rings. The molecule has 144 valence electrons. The number of pyridine rings is 1. The van der Waals surface area contributed by atoms with Gasteiger partial charge in [-0.3, -0.25) is 9.78 Å². The normalized spacial score (nSPS) is 11.3. The molecule has 0 N–H and O–H groups in total. The summed E-state index contributed by atoms with van der Waals surface area (Å²) in [5, 5.41) is 0.427. The zero-order valence-electron chi connectivity index (χ0n) is 14.9. The number of amides is 1. The number of anilines is 1. The number of rotatable bonds is 5. The Bertz CT molecular complexity index is 991. The van der Waals surface area contributed by atoms with Gasteiger partial charge in [0.2, 0.25) is 0 Å². The van der Waals surface area contributed by atoms with Crippen molar-refractivity contribution in [1.29, 1.82) is 0 Å². The summed E-state index contributed by atoms with van der Waals surface area (Å²) in [4.78, 5) is 18.6. The van der Waals surface area contributed by atoms with E-state index in [0.29, 0.717) is 22.0 Å². The van der Waals surface area contributed by atoms with Gasteiger partial charge in [0.25, 0.3) is 11.8 Å². The lowest BCUT2D eigenvalue weighted by Crippen LogP contribution is -2.31. The highest BCUT2D eigenvalue weighted by Gasteiger charge is 2.27. The van der Waals surface area contributed by atoms with Crippen LogP contribution in [0.5, 0.6) is 0 Å². The average Bonchev–Trinajstić information content (AvgIpc) is 2.67. The van der Waals surface area contributed by atoms with Gasteiger partial charge < -0.3 is 4.90 Å². The van der Waals surface area contributed by atoms with Crippen LogP contribution in [0.2, 0.25) is 10.0 Å². The molecule has 0 spiro atoms. The molecule has 28 heavy (non-hydrogen) atoms. The molecule has 1 aromatic heterocycles. The Morgan fingerprint density at radius 1 is 1.04 bits per heavy atom. The molecule has 1 heterocycles. The van der Waals surface area contributed by atoms with Gasteiger partial charge >= 0.3 is 0 Å². The minimum Gasteiger partial charge on any atom is -0.301 e. The van der Waals surface area contributed by atoms with Crippen molar-refractivity contribution in [2.75, 3.05) is 4.90 Å². The van der Waals surface area contributed by atoms with E-state index in [1.165, 1.54) is 11.0 Å². The Morgan fingerprint density at radius 3 is 2.29 bits per heavy atom. The van der Waals surface area contributed by atoms with Gasteiger partial charge in [0.15, 0.2) is 0 Å². The Balaban J connectivity index is 2.01. The maximum Gasteiger partial charge on any atom is 0.272 e. The van der Waals surface area contributed by atoms with E-state index >= 15 is 0 Å². The summed E-state index contributed by atoms with van der Waals surface area (Å²) in [6, 6.07) is 16.7. The van der Waals surface area contributed by atoms with Gasteiger partial charge in [-0.1, -0.05) is 53.5 Å². The summed E-state index contributed by atoms with van der Waals surface area (Å²) in [6.45, 7) is 0.751. The molecule has 1 amide bonds. The van der Waals surface area contributed by atoms with Crippen molar-refractivity contribution in [2.45, 2.75) is 19.4 Å². The molecule has 0 aliphatic carbocycles. The number of carbonyl (C=O) groups excluding carboxylic acids is 1. The van der Waals surface area contributed by atoms with Gasteiger partial charge in [-0.25, -0.2) is 8.78 Å². The van der Waals surface area contributed by atoms with Gasteiger partial charge in [0.05, 0.1) is 28.0 Å². The molecule has 0 bridgehead atoms. The maximum absolute atomic E-state index is 13.5. The Kier molecular flexibility index (Phi) is 5.96. The smallest absolute Gasteiger partial charge is 0.272 e. The number of para-hydroxylation sites is 1. The van der Waals surface area contributed by atoms with Crippen LogP contribution in [0.15, 0.2) is 66.9 Å². The summed E-state index contributed by atoms with van der Waals surface area (Å²) in [5.41, 5.74) is 0.926. The predicted octanol–water partition coefficient (Wildman–Crippen LogP) is 6.35. The highest BCUT2D eigenvalue weighted by atomic mass is 35.5. The van der Waals surface area contributed by atoms with Crippen molar-refractivity contribution in [2.24, 2.45) is 0 Å². The molecule has 0 atom stereocenters. The summed E-state index contributed by atoms with van der Waals surface area (Å²) < 4.78 is 27.0. The molecule has 7 heteroatoms. The third kappa shape index (κ3) is 4.49. The zero-order valence-corrected chi connectivity index (χ0v) is 16.4. The zero-order chi connectivity index (χ0) is 20.3. The minimum atomic E-state index is -3.06. The van der Waals surface area contributed by atoms with Gasteiger partial charge in [-0.2, -0.15) is 0 Å². The van der Waals surface area contributed by atoms with Crippen LogP contribution in [0.1, 0.15) is 28.5 Å². The van der Waals surface area contributed by atoms with Gasteiger partial charge in [-0.15, -0.1) is 0 Å². The molecule has 0 aliphatic rings. The molecule has 0 saturated carbocycles. The third-order valence-electron chi connectivity index (χ3n) is 4.14. The van der Waals surface area contributed by atoms with E-state index in [2.05, 4.69) is 4.98 Å². The number of halogens is 4. The van der Waals surface area contributed by atoms with Crippen molar-refractivity contribution in [3.8, 4) is 0 Å². The maximum atomic E-state index is 13.5. The van der Waals surface area contributed by atoms with Gasteiger partial charge in [0.1, 0.15) is 0 Å². The predicted molar refractivity (Wildman–Crippen MR) is 107 cm³/mol. The summed E-state index contributed by atoms with van der Waals surface area (Å²) in [7, 11) is 0. The molecule has 0 aliphatic heterocycles. The summed E-state index contributed by atoms with van der Waals surface area (Å²) >= 11 is 12.5. The first-order valence-corrected chi connectivity index (χ1v) is 9.17. The topological polar surface area (TPSA) is 33.2 Å². The summed E-state index contributed by atoms with van der Waals surface area (Å²) in [5.74, 6) is -3.37. The SMILES string of the molecule is CC(F)(F)c1cnc(CN(C(=O)c2ccccc2)c2ccccc2Cl)c(Cl)c1. The largest absolute Gasteiger partial charge is 0.301 e. The van der Waals surface area contributed by atoms with E-state index in [0.717, 1.165) is 13.1 Å². The molecule has 0 unspecified atom stereocenters. The fourth-order valence-corrected chi connectivity index (χ4v) is 3.11. The van der Waals surface area contributed by atoms with Crippen molar-refractivity contribution < 1.29 is 13.6 Å². The van der Waals surface area contributed by atoms with E-state index in [4.69, 9.17) is 23.2 Å². The number of hydrogen-bond acceptors (Lipinski definition) is 2. The van der Waals surface area contributed by atoms with Crippen LogP contribution in [0.3, 0.4) is 0 Å². The van der Waals surface area contributed by atoms with Crippen molar-refractivity contribution in [3.05, 3.63) is 93.7 Å². The molecule has 0 saturated heterocycles. The molecule has 2 aromatic carbocycles. The second-order valence-electron chi connectivity index (χ2n) is 6.25. The van der Waals surface area contributed by atoms with Crippen LogP contribution in [0.25, 0.3) is 0 Å². The van der Waals surface area contributed by atoms with E-state index in [9.17, 15) is 13.6 Å². The van der Waals surface area contributed by atoms with Crippen molar-refractivity contribution in [3.63, 3.8) is 0 Å². The fourth-order valence-electron chi connectivity index (χ4n) is 2.65. The van der Waals surface area contributed by atoms with Gasteiger partial charge in [-0.05, 0) is 30.3 Å².